The molecule has 0 saturated carbocycles. The summed E-state index contributed by atoms with van der Waals surface area (Å²) in [5, 5.41) is 29.7. The maximum absolute atomic E-state index is 12.9. The number of hydrogen-bond donors (Lipinski definition) is 6. The van der Waals surface area contributed by atoms with Crippen LogP contribution in [-0.4, -0.2) is 83.2 Å². The molecule has 1 aliphatic heterocycles. The fourth-order valence-electron chi connectivity index (χ4n) is 3.47. The van der Waals surface area contributed by atoms with E-state index in [1.54, 1.807) is 24.3 Å². The number of carboxylic acid groups (broad SMARTS) is 1. The maximum atomic E-state index is 12.9. The van der Waals surface area contributed by atoms with Crippen LogP contribution in [0.2, 0.25) is 0 Å². The molecular weight excluding hydrogens is 448 g/mol. The molecule has 11 heteroatoms. The summed E-state index contributed by atoms with van der Waals surface area (Å²) >= 11 is 1.46. The highest BCUT2D eigenvalue weighted by Crippen LogP contribution is 2.08. The summed E-state index contributed by atoms with van der Waals surface area (Å²) in [5.74, 6) is -2.39. The van der Waals surface area contributed by atoms with Gasteiger partial charge in [-0.1, -0.05) is 30.3 Å². The number of carbonyl (C=O) groups is 4. The Morgan fingerprint density at radius 1 is 1.06 bits per heavy atom. The number of aliphatic hydroxyl groups is 1. The second kappa shape index (κ2) is 13.8. The van der Waals surface area contributed by atoms with Crippen molar-refractivity contribution < 1.29 is 29.4 Å². The molecule has 2 rings (SSSR count). The van der Waals surface area contributed by atoms with Crippen molar-refractivity contribution in [3.8, 4) is 0 Å². The first kappa shape index (κ1) is 26.6. The summed E-state index contributed by atoms with van der Waals surface area (Å²) in [7, 11) is 0. The summed E-state index contributed by atoms with van der Waals surface area (Å²) in [6, 6.07) is 5.10. The largest absolute Gasteiger partial charge is 0.480 e. The number of carbonyl (C=O) groups excluding carboxylic acids is 3. The maximum Gasteiger partial charge on any atom is 0.326 e. The fourth-order valence-corrected chi connectivity index (χ4v) is 3.94. The van der Waals surface area contributed by atoms with Gasteiger partial charge in [-0.05, 0) is 43.4 Å². The zero-order valence-corrected chi connectivity index (χ0v) is 19.4. The molecule has 0 radical (unpaired) electrons. The van der Waals surface area contributed by atoms with Crippen LogP contribution < -0.4 is 21.3 Å². The van der Waals surface area contributed by atoms with E-state index in [0.717, 1.165) is 12.0 Å². The van der Waals surface area contributed by atoms with Crippen molar-refractivity contribution in [2.24, 2.45) is 0 Å². The number of nitrogens with one attached hydrogen (secondary N) is 4. The predicted molar refractivity (Wildman–Crippen MR) is 125 cm³/mol. The third-order valence-electron chi connectivity index (χ3n) is 5.33. The molecule has 10 nitrogen and oxygen atoms in total. The quantitative estimate of drug-likeness (QED) is 0.216. The van der Waals surface area contributed by atoms with Crippen molar-refractivity contribution in [3.05, 3.63) is 35.9 Å². The molecule has 1 aromatic carbocycles. The molecule has 4 atom stereocenters. The van der Waals surface area contributed by atoms with Crippen LogP contribution in [0.5, 0.6) is 0 Å². The topological polar surface area (TPSA) is 157 Å². The second-order valence-corrected chi connectivity index (χ2v) is 8.81. The first-order valence-electron chi connectivity index (χ1n) is 10.9. The molecule has 1 aromatic rings. The Morgan fingerprint density at radius 2 is 1.73 bits per heavy atom. The highest BCUT2D eigenvalue weighted by molar-refractivity contribution is 7.98. The molecule has 1 saturated heterocycles. The Morgan fingerprint density at radius 3 is 2.30 bits per heavy atom. The van der Waals surface area contributed by atoms with Gasteiger partial charge in [0.15, 0.2) is 0 Å². The Bertz CT molecular complexity index is 803. The standard InChI is InChI=1S/C22H32N4O6S/c1-33-11-9-16(22(31)32)24-20(29)17(12-14-6-3-2-4-7-14)25-21(30)18(13-27)26-19(28)15-8-5-10-23-15/h2-4,6-7,15-18,23,27H,5,8-13H2,1H3,(H,24,29)(H,25,30)(H,26,28)(H,31,32). The molecule has 0 aliphatic carbocycles. The van der Waals surface area contributed by atoms with E-state index in [1.165, 1.54) is 11.8 Å². The number of hydrogen-bond acceptors (Lipinski definition) is 7. The van der Waals surface area contributed by atoms with Crippen LogP contribution in [0.25, 0.3) is 0 Å². The van der Waals surface area contributed by atoms with Gasteiger partial charge in [-0.25, -0.2) is 4.79 Å². The van der Waals surface area contributed by atoms with Crippen LogP contribution in [0.1, 0.15) is 24.8 Å². The number of thioether (sulfide) groups is 1. The molecule has 4 unspecified atom stereocenters. The van der Waals surface area contributed by atoms with Crippen molar-refractivity contribution in [2.45, 2.75) is 49.9 Å². The van der Waals surface area contributed by atoms with Crippen molar-refractivity contribution in [2.75, 3.05) is 25.2 Å². The average Bonchev–Trinajstić information content (AvgIpc) is 3.35. The lowest BCUT2D eigenvalue weighted by Crippen LogP contribution is -2.58. The normalized spacial score (nSPS) is 18.1. The van der Waals surface area contributed by atoms with Crippen LogP contribution in [0.4, 0.5) is 0 Å². The first-order chi connectivity index (χ1) is 15.8. The Kier molecular flexibility index (Phi) is 11.1. The van der Waals surface area contributed by atoms with E-state index < -0.39 is 54.5 Å². The minimum atomic E-state index is -1.24. The van der Waals surface area contributed by atoms with E-state index in [2.05, 4.69) is 21.3 Å². The van der Waals surface area contributed by atoms with Gasteiger partial charge in [-0.15, -0.1) is 0 Å². The summed E-state index contributed by atoms with van der Waals surface area (Å²) in [4.78, 5) is 49.7. The van der Waals surface area contributed by atoms with E-state index in [4.69, 9.17) is 0 Å². The van der Waals surface area contributed by atoms with Crippen molar-refractivity contribution in [1.82, 2.24) is 21.3 Å². The highest BCUT2D eigenvalue weighted by atomic mass is 32.2. The summed E-state index contributed by atoms with van der Waals surface area (Å²) < 4.78 is 0. The molecule has 182 valence electrons. The molecule has 0 bridgehead atoms. The molecule has 1 heterocycles. The summed E-state index contributed by atoms with van der Waals surface area (Å²) in [6.07, 6.45) is 3.66. The molecular formula is C22H32N4O6S. The Balaban J connectivity index is 2.10. The van der Waals surface area contributed by atoms with Crippen LogP contribution >= 0.6 is 11.8 Å². The van der Waals surface area contributed by atoms with E-state index in [-0.39, 0.29) is 12.8 Å². The monoisotopic (exact) mass is 480 g/mol. The zero-order chi connectivity index (χ0) is 24.2. The van der Waals surface area contributed by atoms with E-state index >= 15 is 0 Å². The number of carboxylic acids is 1. The van der Waals surface area contributed by atoms with Gasteiger partial charge in [0.2, 0.25) is 17.7 Å². The molecule has 0 spiro atoms. The summed E-state index contributed by atoms with van der Waals surface area (Å²) in [5.41, 5.74) is 0.758. The molecule has 0 aromatic heterocycles. The Hall–Kier alpha value is -2.63. The smallest absolute Gasteiger partial charge is 0.326 e. The van der Waals surface area contributed by atoms with Crippen LogP contribution in [0.15, 0.2) is 30.3 Å². The first-order valence-corrected chi connectivity index (χ1v) is 12.3. The molecule has 6 N–H and O–H groups in total. The van der Waals surface area contributed by atoms with E-state index in [1.807, 2.05) is 12.3 Å². The van der Waals surface area contributed by atoms with E-state index in [9.17, 15) is 29.4 Å². The summed E-state index contributed by atoms with van der Waals surface area (Å²) in [6.45, 7) is 0.0596. The van der Waals surface area contributed by atoms with Gasteiger partial charge in [-0.2, -0.15) is 11.8 Å². The van der Waals surface area contributed by atoms with Crippen molar-refractivity contribution in [1.29, 1.82) is 0 Å². The second-order valence-electron chi connectivity index (χ2n) is 7.82. The fraction of sp³-hybridized carbons (Fsp3) is 0.545. The number of benzene rings is 1. The number of aliphatic carboxylic acids is 1. The van der Waals surface area contributed by atoms with E-state index in [0.29, 0.717) is 18.7 Å². The molecule has 1 aliphatic rings. The van der Waals surface area contributed by atoms with Gasteiger partial charge in [0.1, 0.15) is 18.1 Å². The minimum Gasteiger partial charge on any atom is -0.480 e. The molecule has 33 heavy (non-hydrogen) atoms. The van der Waals surface area contributed by atoms with Gasteiger partial charge in [0, 0.05) is 6.42 Å². The van der Waals surface area contributed by atoms with Gasteiger partial charge in [0.05, 0.1) is 12.6 Å². The van der Waals surface area contributed by atoms with Gasteiger partial charge in [0.25, 0.3) is 0 Å². The lowest BCUT2D eigenvalue weighted by Gasteiger charge is -2.24. The zero-order valence-electron chi connectivity index (χ0n) is 18.6. The van der Waals surface area contributed by atoms with Gasteiger partial charge >= 0.3 is 5.97 Å². The van der Waals surface area contributed by atoms with Crippen molar-refractivity contribution >= 4 is 35.5 Å². The molecule has 1 fully saturated rings. The third kappa shape index (κ3) is 8.67. The van der Waals surface area contributed by atoms with Gasteiger partial charge < -0.3 is 31.5 Å². The average molecular weight is 481 g/mol. The highest BCUT2D eigenvalue weighted by Gasteiger charge is 2.31. The molecule has 3 amide bonds. The Labute approximate surface area is 197 Å². The number of amides is 3. The number of rotatable bonds is 13. The lowest BCUT2D eigenvalue weighted by atomic mass is 10.0. The van der Waals surface area contributed by atoms with Crippen LogP contribution in [-0.2, 0) is 25.6 Å². The van der Waals surface area contributed by atoms with Crippen LogP contribution in [0, 0.1) is 0 Å². The lowest BCUT2D eigenvalue weighted by molar-refractivity contribution is -0.142. The number of aliphatic hydroxyl groups excluding tert-OH is 1. The van der Waals surface area contributed by atoms with Crippen molar-refractivity contribution in [3.63, 3.8) is 0 Å². The van der Waals surface area contributed by atoms with Gasteiger partial charge in [-0.3, -0.25) is 14.4 Å². The van der Waals surface area contributed by atoms with Crippen LogP contribution in [0.3, 0.4) is 0 Å². The third-order valence-corrected chi connectivity index (χ3v) is 5.98. The SMILES string of the molecule is CSCCC(NC(=O)C(Cc1ccccc1)NC(=O)C(CO)NC(=O)C1CCCN1)C(=O)O. The minimum absolute atomic E-state index is 0.115. The predicted octanol–water partition coefficient (Wildman–Crippen LogP) is -0.734.